The van der Waals surface area contributed by atoms with Gasteiger partial charge < -0.3 is 5.73 Å². The molecular weight excluding hydrogens is 274 g/mol. The van der Waals surface area contributed by atoms with E-state index in [1.54, 1.807) is 0 Å². The van der Waals surface area contributed by atoms with Gasteiger partial charge in [0.15, 0.2) is 9.84 Å². The third-order valence-electron chi connectivity index (χ3n) is 5.57. The van der Waals surface area contributed by atoms with Crippen molar-refractivity contribution >= 4 is 9.84 Å². The lowest BCUT2D eigenvalue weighted by molar-refractivity contribution is 0.0337. The molecule has 3 aliphatic rings. The average molecular weight is 301 g/mol. The zero-order valence-corrected chi connectivity index (χ0v) is 13.1. The van der Waals surface area contributed by atoms with Gasteiger partial charge in [-0.25, -0.2) is 8.42 Å². The van der Waals surface area contributed by atoms with E-state index >= 15 is 0 Å². The summed E-state index contributed by atoms with van der Waals surface area (Å²) in [6.45, 7) is 4.57. The Morgan fingerprint density at radius 3 is 2.25 bits per heavy atom. The van der Waals surface area contributed by atoms with E-state index in [1.807, 2.05) is 0 Å². The first-order chi connectivity index (χ1) is 9.55. The van der Waals surface area contributed by atoms with Crippen molar-refractivity contribution < 1.29 is 8.42 Å². The lowest BCUT2D eigenvalue weighted by Crippen LogP contribution is -2.61. The SMILES string of the molecule is NCC1(N2CCN(C3CCCC3)CC2)CCS(=O)(=O)C1. The Balaban J connectivity index is 1.62. The average Bonchev–Trinajstić information content (AvgIpc) is 3.07. The molecule has 2 saturated heterocycles. The van der Waals surface area contributed by atoms with Gasteiger partial charge in [0, 0.05) is 44.3 Å². The maximum Gasteiger partial charge on any atom is 0.152 e. The molecule has 3 rings (SSSR count). The van der Waals surface area contributed by atoms with Gasteiger partial charge in [0.05, 0.1) is 11.5 Å². The summed E-state index contributed by atoms with van der Waals surface area (Å²) in [5, 5.41) is 0. The third-order valence-corrected chi connectivity index (χ3v) is 7.38. The molecule has 2 N–H and O–H groups in total. The Morgan fingerprint density at radius 1 is 1.10 bits per heavy atom. The quantitative estimate of drug-likeness (QED) is 0.798. The fourth-order valence-electron chi connectivity index (χ4n) is 4.27. The number of piperazine rings is 1. The highest BCUT2D eigenvalue weighted by molar-refractivity contribution is 7.91. The van der Waals surface area contributed by atoms with Gasteiger partial charge in [-0.1, -0.05) is 12.8 Å². The van der Waals surface area contributed by atoms with Gasteiger partial charge in [0.1, 0.15) is 0 Å². The summed E-state index contributed by atoms with van der Waals surface area (Å²) >= 11 is 0. The van der Waals surface area contributed by atoms with Gasteiger partial charge in [-0.15, -0.1) is 0 Å². The van der Waals surface area contributed by atoms with Crippen LogP contribution in [0.1, 0.15) is 32.1 Å². The molecule has 0 spiro atoms. The van der Waals surface area contributed by atoms with Crippen LogP contribution in [0.2, 0.25) is 0 Å². The monoisotopic (exact) mass is 301 g/mol. The van der Waals surface area contributed by atoms with E-state index in [-0.39, 0.29) is 11.3 Å². The van der Waals surface area contributed by atoms with E-state index in [0.29, 0.717) is 12.3 Å². The minimum absolute atomic E-state index is 0.264. The van der Waals surface area contributed by atoms with E-state index in [1.165, 1.54) is 25.7 Å². The standard InChI is InChI=1S/C14H27N3O2S/c15-11-14(5-10-20(18,19)12-14)17-8-6-16(7-9-17)13-3-1-2-4-13/h13H,1-12,15H2. The molecule has 2 heterocycles. The molecule has 1 aliphatic carbocycles. The smallest absolute Gasteiger partial charge is 0.152 e. The molecule has 116 valence electrons. The third kappa shape index (κ3) is 2.75. The number of hydrogen-bond acceptors (Lipinski definition) is 5. The maximum absolute atomic E-state index is 11.8. The van der Waals surface area contributed by atoms with Crippen LogP contribution in [-0.2, 0) is 9.84 Å². The zero-order valence-electron chi connectivity index (χ0n) is 12.3. The van der Waals surface area contributed by atoms with Gasteiger partial charge >= 0.3 is 0 Å². The van der Waals surface area contributed by atoms with Crippen molar-refractivity contribution in [1.29, 1.82) is 0 Å². The van der Waals surface area contributed by atoms with Gasteiger partial charge in [-0.05, 0) is 19.3 Å². The summed E-state index contributed by atoms with van der Waals surface area (Å²) in [6.07, 6.45) is 6.15. The second-order valence-electron chi connectivity index (χ2n) is 6.73. The molecule has 1 unspecified atom stereocenters. The van der Waals surface area contributed by atoms with E-state index < -0.39 is 9.84 Å². The molecule has 2 aliphatic heterocycles. The summed E-state index contributed by atoms with van der Waals surface area (Å²) in [4.78, 5) is 4.97. The van der Waals surface area contributed by atoms with Crippen LogP contribution in [0, 0.1) is 0 Å². The van der Waals surface area contributed by atoms with Crippen molar-refractivity contribution in [2.45, 2.75) is 43.7 Å². The minimum Gasteiger partial charge on any atom is -0.329 e. The molecule has 0 aromatic carbocycles. The Morgan fingerprint density at radius 2 is 1.75 bits per heavy atom. The normalized spacial score (nSPS) is 36.6. The van der Waals surface area contributed by atoms with Crippen molar-refractivity contribution in [3.8, 4) is 0 Å². The molecular formula is C14H27N3O2S. The lowest BCUT2D eigenvalue weighted by Gasteiger charge is -2.46. The maximum atomic E-state index is 11.8. The Labute approximate surface area is 122 Å². The molecule has 0 bridgehead atoms. The summed E-state index contributed by atoms with van der Waals surface area (Å²) in [7, 11) is -2.88. The first-order valence-electron chi connectivity index (χ1n) is 7.94. The van der Waals surface area contributed by atoms with E-state index in [9.17, 15) is 8.42 Å². The number of nitrogens with two attached hydrogens (primary N) is 1. The summed E-state index contributed by atoms with van der Waals surface area (Å²) in [5.41, 5.74) is 5.68. The molecule has 5 nitrogen and oxygen atoms in total. The summed E-state index contributed by atoms with van der Waals surface area (Å²) in [5.74, 6) is 0.576. The molecule has 3 fully saturated rings. The molecule has 0 amide bonds. The molecule has 6 heteroatoms. The van der Waals surface area contributed by atoms with E-state index in [4.69, 9.17) is 5.73 Å². The van der Waals surface area contributed by atoms with Crippen LogP contribution in [0.25, 0.3) is 0 Å². The van der Waals surface area contributed by atoms with Gasteiger partial charge in [-0.3, -0.25) is 9.80 Å². The Kier molecular flexibility index (Phi) is 4.10. The Bertz CT molecular complexity index is 439. The van der Waals surface area contributed by atoms with Crippen LogP contribution < -0.4 is 5.73 Å². The fourth-order valence-corrected chi connectivity index (χ4v) is 6.37. The number of nitrogens with zero attached hydrogens (tertiary/aromatic N) is 2. The van der Waals surface area contributed by atoms with Crippen LogP contribution in [0.5, 0.6) is 0 Å². The lowest BCUT2D eigenvalue weighted by atomic mass is 9.95. The van der Waals surface area contributed by atoms with Crippen LogP contribution in [0.4, 0.5) is 0 Å². The second kappa shape index (κ2) is 5.55. The minimum atomic E-state index is -2.88. The van der Waals surface area contributed by atoms with Crippen LogP contribution in [0.3, 0.4) is 0 Å². The molecule has 0 aromatic rings. The molecule has 1 atom stereocenters. The van der Waals surface area contributed by atoms with Crippen LogP contribution in [-0.4, -0.2) is 74.0 Å². The van der Waals surface area contributed by atoms with Crippen molar-refractivity contribution in [2.24, 2.45) is 5.73 Å². The number of rotatable bonds is 3. The first-order valence-corrected chi connectivity index (χ1v) is 9.76. The Hall–Kier alpha value is -0.170. The van der Waals surface area contributed by atoms with Crippen LogP contribution in [0.15, 0.2) is 0 Å². The van der Waals surface area contributed by atoms with Gasteiger partial charge in [0.2, 0.25) is 0 Å². The summed E-state index contributed by atoms with van der Waals surface area (Å²) < 4.78 is 23.7. The second-order valence-corrected chi connectivity index (χ2v) is 8.92. The molecule has 0 aromatic heterocycles. The largest absolute Gasteiger partial charge is 0.329 e. The highest BCUT2D eigenvalue weighted by atomic mass is 32.2. The van der Waals surface area contributed by atoms with Crippen LogP contribution >= 0.6 is 0 Å². The van der Waals surface area contributed by atoms with Crippen molar-refractivity contribution in [3.63, 3.8) is 0 Å². The topological polar surface area (TPSA) is 66.6 Å². The fraction of sp³-hybridized carbons (Fsp3) is 1.00. The first kappa shape index (κ1) is 14.8. The highest BCUT2D eigenvalue weighted by Gasteiger charge is 2.46. The van der Waals surface area contributed by atoms with E-state index in [0.717, 1.165) is 38.6 Å². The van der Waals surface area contributed by atoms with Crippen molar-refractivity contribution in [3.05, 3.63) is 0 Å². The van der Waals surface area contributed by atoms with Crippen molar-refractivity contribution in [1.82, 2.24) is 9.80 Å². The molecule has 0 radical (unpaired) electrons. The predicted octanol–water partition coefficient (Wildman–Crippen LogP) is 0.0626. The van der Waals surface area contributed by atoms with Gasteiger partial charge in [-0.2, -0.15) is 0 Å². The number of sulfone groups is 1. The zero-order chi connectivity index (χ0) is 14.2. The van der Waals surface area contributed by atoms with E-state index in [2.05, 4.69) is 9.80 Å². The van der Waals surface area contributed by atoms with Crippen molar-refractivity contribution in [2.75, 3.05) is 44.2 Å². The summed E-state index contributed by atoms with van der Waals surface area (Å²) in [6, 6.07) is 0.776. The predicted molar refractivity (Wildman–Crippen MR) is 80.5 cm³/mol. The van der Waals surface area contributed by atoms with Gasteiger partial charge in [0.25, 0.3) is 0 Å². The number of hydrogen-bond donors (Lipinski definition) is 1. The highest BCUT2D eigenvalue weighted by Crippen LogP contribution is 2.31. The molecule has 20 heavy (non-hydrogen) atoms. The molecule has 1 saturated carbocycles.